The highest BCUT2D eigenvalue weighted by Crippen LogP contribution is 2.36. The molecule has 0 saturated carbocycles. The van der Waals surface area contributed by atoms with E-state index in [1.165, 1.54) is 19.1 Å². The predicted molar refractivity (Wildman–Crippen MR) is 48.9 cm³/mol. The number of ether oxygens (including phenoxy) is 1. The third-order valence-electron chi connectivity index (χ3n) is 2.51. The molecule has 0 aromatic carbocycles. The number of hydrogen-bond acceptors (Lipinski definition) is 3. The van der Waals surface area contributed by atoms with Gasteiger partial charge in [0.25, 0.3) is 5.91 Å². The topological polar surface area (TPSA) is 55.4 Å². The number of halogens is 1. The van der Waals surface area contributed by atoms with Crippen molar-refractivity contribution in [3.63, 3.8) is 0 Å². The van der Waals surface area contributed by atoms with E-state index in [0.29, 0.717) is 5.70 Å². The second-order valence-corrected chi connectivity index (χ2v) is 3.28. The molecule has 5 heteroatoms. The first-order chi connectivity index (χ1) is 7.19. The van der Waals surface area contributed by atoms with Crippen LogP contribution in [0.2, 0.25) is 0 Å². The summed E-state index contributed by atoms with van der Waals surface area (Å²) in [5, 5.41) is 2.53. The summed E-state index contributed by atoms with van der Waals surface area (Å²) in [4.78, 5) is 22.0. The highest BCUT2D eigenvalue weighted by Gasteiger charge is 2.44. The molecule has 1 aliphatic carbocycles. The number of carbonyl (C=O) groups is 1. The van der Waals surface area contributed by atoms with Gasteiger partial charge in [-0.05, 0) is 12.2 Å². The summed E-state index contributed by atoms with van der Waals surface area (Å²) in [5.74, 6) is -0.209. The molecule has 1 N–H and O–H groups in total. The molecular formula is C10H8FNO3. The molecule has 0 spiro atoms. The number of amides is 1. The van der Waals surface area contributed by atoms with E-state index >= 15 is 0 Å². The lowest BCUT2D eigenvalue weighted by atomic mass is 9.89. The van der Waals surface area contributed by atoms with Gasteiger partial charge in [0.2, 0.25) is 0 Å². The lowest BCUT2D eigenvalue weighted by molar-refractivity contribution is -0.128. The van der Waals surface area contributed by atoms with Crippen LogP contribution >= 0.6 is 0 Å². The number of nitrogens with one attached hydrogen (secondary N) is 1. The normalized spacial score (nSPS) is 28.9. The number of carbonyl (C=O) groups excluding carboxylic acids is 2. The minimum atomic E-state index is -0.854. The molecule has 1 amide bonds. The van der Waals surface area contributed by atoms with E-state index in [9.17, 15) is 14.0 Å². The fraction of sp³-hybridized carbons (Fsp3) is 0.300. The second kappa shape index (κ2) is 3.46. The van der Waals surface area contributed by atoms with Crippen molar-refractivity contribution in [3.8, 4) is 0 Å². The first-order valence-electron chi connectivity index (χ1n) is 4.35. The summed E-state index contributed by atoms with van der Waals surface area (Å²) in [6.45, 7) is 0. The summed E-state index contributed by atoms with van der Waals surface area (Å²) in [7, 11) is 1.34. The van der Waals surface area contributed by atoms with E-state index < -0.39 is 17.8 Å². The average molecular weight is 209 g/mol. The van der Waals surface area contributed by atoms with Crippen LogP contribution in [0.4, 0.5) is 4.39 Å². The Hall–Kier alpha value is -1.71. The molecule has 1 saturated heterocycles. The fourth-order valence-electron chi connectivity index (χ4n) is 1.81. The quantitative estimate of drug-likeness (QED) is 0.630. The molecule has 2 rings (SSSR count). The molecule has 1 fully saturated rings. The van der Waals surface area contributed by atoms with Crippen LogP contribution in [0.1, 0.15) is 0 Å². The van der Waals surface area contributed by atoms with Crippen molar-refractivity contribution in [3.05, 3.63) is 29.2 Å². The van der Waals surface area contributed by atoms with Crippen LogP contribution in [0.25, 0.3) is 0 Å². The van der Waals surface area contributed by atoms with Crippen molar-refractivity contribution in [2.45, 2.75) is 6.10 Å². The summed E-state index contributed by atoms with van der Waals surface area (Å²) in [6.07, 6.45) is 1.70. The van der Waals surface area contributed by atoms with E-state index in [4.69, 9.17) is 4.74 Å². The molecule has 0 bridgehead atoms. The monoisotopic (exact) mass is 209 g/mol. The Bertz CT molecular complexity index is 432. The van der Waals surface area contributed by atoms with Gasteiger partial charge in [-0.25, -0.2) is 9.18 Å². The lowest BCUT2D eigenvalue weighted by Gasteiger charge is -2.18. The van der Waals surface area contributed by atoms with Crippen molar-refractivity contribution in [1.82, 2.24) is 5.32 Å². The van der Waals surface area contributed by atoms with Crippen LogP contribution in [-0.4, -0.2) is 25.1 Å². The van der Waals surface area contributed by atoms with Gasteiger partial charge in [-0.1, -0.05) is 0 Å². The lowest BCUT2D eigenvalue weighted by Crippen LogP contribution is -2.28. The highest BCUT2D eigenvalue weighted by atomic mass is 19.1. The van der Waals surface area contributed by atoms with Crippen molar-refractivity contribution < 1.29 is 18.7 Å². The molecule has 2 atom stereocenters. The average Bonchev–Trinajstić information content (AvgIpc) is 2.54. The van der Waals surface area contributed by atoms with Crippen LogP contribution < -0.4 is 5.32 Å². The van der Waals surface area contributed by atoms with Crippen LogP contribution in [0, 0.1) is 5.92 Å². The van der Waals surface area contributed by atoms with Crippen molar-refractivity contribution in [1.29, 1.82) is 0 Å². The third kappa shape index (κ3) is 1.33. The van der Waals surface area contributed by atoms with Gasteiger partial charge in [-0.3, -0.25) is 4.79 Å². The molecule has 1 heterocycles. The number of methoxy groups -OCH3 is 1. The Kier molecular flexibility index (Phi) is 2.26. The van der Waals surface area contributed by atoms with E-state index in [2.05, 4.69) is 5.32 Å². The molecule has 1 aliphatic heterocycles. The van der Waals surface area contributed by atoms with Gasteiger partial charge in [0, 0.05) is 12.8 Å². The molecule has 15 heavy (non-hydrogen) atoms. The number of rotatable bonds is 1. The zero-order valence-electron chi connectivity index (χ0n) is 7.91. The SMILES string of the molecule is COC1C(=O)NC2=CC=C(F)C(=C=O)C21. The van der Waals surface area contributed by atoms with Gasteiger partial charge in [-0.2, -0.15) is 0 Å². The molecule has 2 aliphatic rings. The van der Waals surface area contributed by atoms with E-state index in [-0.39, 0.29) is 11.5 Å². The van der Waals surface area contributed by atoms with E-state index in [1.807, 2.05) is 0 Å². The van der Waals surface area contributed by atoms with Gasteiger partial charge in [0.1, 0.15) is 17.9 Å². The minimum absolute atomic E-state index is 0.169. The number of allylic oxidation sites excluding steroid dienone is 3. The highest BCUT2D eigenvalue weighted by molar-refractivity contribution is 5.89. The Balaban J connectivity index is 2.48. The molecule has 0 radical (unpaired) electrons. The van der Waals surface area contributed by atoms with Gasteiger partial charge in [0.15, 0.2) is 0 Å². The van der Waals surface area contributed by atoms with Crippen LogP contribution in [0.5, 0.6) is 0 Å². The number of fused-ring (bicyclic) bond motifs is 1. The van der Waals surface area contributed by atoms with Crippen LogP contribution in [0.3, 0.4) is 0 Å². The summed E-state index contributed by atoms with van der Waals surface area (Å²) in [6, 6.07) is 0. The Morgan fingerprint density at radius 1 is 1.53 bits per heavy atom. The third-order valence-corrected chi connectivity index (χ3v) is 2.51. The van der Waals surface area contributed by atoms with Gasteiger partial charge < -0.3 is 10.1 Å². The molecule has 4 nitrogen and oxygen atoms in total. The fourth-order valence-corrected chi connectivity index (χ4v) is 1.81. The van der Waals surface area contributed by atoms with E-state index in [0.717, 1.165) is 6.08 Å². The van der Waals surface area contributed by atoms with E-state index in [1.54, 1.807) is 0 Å². The molecule has 0 aromatic heterocycles. The Morgan fingerprint density at radius 2 is 2.27 bits per heavy atom. The maximum atomic E-state index is 13.2. The van der Waals surface area contributed by atoms with Crippen LogP contribution in [0.15, 0.2) is 29.2 Å². The zero-order chi connectivity index (χ0) is 11.0. The van der Waals surface area contributed by atoms with Crippen molar-refractivity contribution >= 4 is 11.8 Å². The summed E-state index contributed by atoms with van der Waals surface area (Å²) >= 11 is 0. The predicted octanol–water partition coefficient (Wildman–Crippen LogP) is 0.256. The maximum Gasteiger partial charge on any atom is 0.254 e. The Morgan fingerprint density at radius 3 is 2.87 bits per heavy atom. The molecular weight excluding hydrogens is 201 g/mol. The largest absolute Gasteiger partial charge is 0.371 e. The molecule has 0 aromatic rings. The van der Waals surface area contributed by atoms with Gasteiger partial charge in [-0.15, -0.1) is 0 Å². The number of hydrogen-bond donors (Lipinski definition) is 1. The second-order valence-electron chi connectivity index (χ2n) is 3.28. The zero-order valence-corrected chi connectivity index (χ0v) is 7.91. The maximum absolute atomic E-state index is 13.2. The smallest absolute Gasteiger partial charge is 0.254 e. The van der Waals surface area contributed by atoms with Gasteiger partial charge >= 0.3 is 0 Å². The molecule has 2 unspecified atom stereocenters. The summed E-state index contributed by atoms with van der Waals surface area (Å²) < 4.78 is 18.2. The summed E-state index contributed by atoms with van der Waals surface area (Å²) in [5.41, 5.74) is 0.310. The standard InChI is InChI=1S/C10H8FNO3/c1-15-9-8-5(4-13)6(11)2-3-7(8)12-10(9)14/h2-3,8-9H,1H3,(H,12,14). The van der Waals surface area contributed by atoms with Crippen LogP contribution in [-0.2, 0) is 14.3 Å². The van der Waals surface area contributed by atoms with Crippen molar-refractivity contribution in [2.24, 2.45) is 5.92 Å². The van der Waals surface area contributed by atoms with Gasteiger partial charge in [0.05, 0.1) is 11.5 Å². The first-order valence-corrected chi connectivity index (χ1v) is 4.35. The Labute approximate surface area is 85.1 Å². The van der Waals surface area contributed by atoms with Crippen molar-refractivity contribution in [2.75, 3.05) is 7.11 Å². The first kappa shape index (κ1) is 9.83. The molecule has 78 valence electrons. The minimum Gasteiger partial charge on any atom is -0.371 e.